The predicted octanol–water partition coefficient (Wildman–Crippen LogP) is 3.06. The zero-order valence-electron chi connectivity index (χ0n) is 11.9. The Bertz CT molecular complexity index is 568. The zero-order chi connectivity index (χ0) is 14.0. The van der Waals surface area contributed by atoms with Gasteiger partial charge in [-0.25, -0.2) is 0 Å². The topological polar surface area (TPSA) is 42.2 Å². The molecule has 0 bridgehead atoms. The maximum atomic E-state index is 5.80. The van der Waals surface area contributed by atoms with Crippen LogP contribution in [0.25, 0.3) is 11.5 Å². The van der Waals surface area contributed by atoms with Crippen LogP contribution in [0.3, 0.4) is 0 Å². The van der Waals surface area contributed by atoms with E-state index in [9.17, 15) is 0 Å². The fourth-order valence-electron chi connectivity index (χ4n) is 2.36. The Morgan fingerprint density at radius 3 is 2.80 bits per heavy atom. The lowest BCUT2D eigenvalue weighted by atomic mass is 10.1. The van der Waals surface area contributed by atoms with Crippen LogP contribution in [0.15, 0.2) is 34.7 Å². The van der Waals surface area contributed by atoms with Crippen LogP contribution < -0.4 is 0 Å². The smallest absolute Gasteiger partial charge is 0.247 e. The molecule has 0 amide bonds. The van der Waals surface area contributed by atoms with Crippen LogP contribution in [0.2, 0.25) is 0 Å². The molecule has 20 heavy (non-hydrogen) atoms. The van der Waals surface area contributed by atoms with Crippen molar-refractivity contribution in [1.82, 2.24) is 15.1 Å². The van der Waals surface area contributed by atoms with Crippen LogP contribution in [0, 0.1) is 0 Å². The third kappa shape index (κ3) is 2.88. The summed E-state index contributed by atoms with van der Waals surface area (Å²) >= 11 is 2.01. The third-order valence-electron chi connectivity index (χ3n) is 3.63. The fraction of sp³-hybridized carbons (Fsp3) is 0.467. The molecule has 1 saturated heterocycles. The molecule has 5 heteroatoms. The van der Waals surface area contributed by atoms with Gasteiger partial charge in [0.2, 0.25) is 11.8 Å². The minimum absolute atomic E-state index is 0.185. The molecule has 1 aliphatic heterocycles. The van der Waals surface area contributed by atoms with Gasteiger partial charge in [0.05, 0.1) is 6.54 Å². The standard InChI is InChI=1S/C15H19N3OS/c1-15(2)11-20-9-8-18(15)10-13-16-17-14(19-13)12-6-4-3-5-7-12/h3-7H,8-11H2,1-2H3. The molecular formula is C15H19N3OS. The highest BCUT2D eigenvalue weighted by Crippen LogP contribution is 2.27. The first-order valence-electron chi connectivity index (χ1n) is 6.86. The molecule has 0 atom stereocenters. The van der Waals surface area contributed by atoms with Gasteiger partial charge in [0.1, 0.15) is 0 Å². The molecule has 3 rings (SSSR count). The highest BCUT2D eigenvalue weighted by molar-refractivity contribution is 7.99. The van der Waals surface area contributed by atoms with Gasteiger partial charge in [-0.05, 0) is 26.0 Å². The molecule has 2 heterocycles. The second kappa shape index (κ2) is 5.58. The summed E-state index contributed by atoms with van der Waals surface area (Å²) in [6.45, 7) is 6.34. The Morgan fingerprint density at radius 1 is 1.25 bits per heavy atom. The zero-order valence-corrected chi connectivity index (χ0v) is 12.7. The van der Waals surface area contributed by atoms with Gasteiger partial charge in [-0.2, -0.15) is 11.8 Å². The number of aromatic nitrogens is 2. The van der Waals surface area contributed by atoms with E-state index >= 15 is 0 Å². The molecular weight excluding hydrogens is 270 g/mol. The SMILES string of the molecule is CC1(C)CSCCN1Cc1nnc(-c2ccccc2)o1. The van der Waals surface area contributed by atoms with Crippen molar-refractivity contribution in [2.45, 2.75) is 25.9 Å². The monoisotopic (exact) mass is 289 g/mol. The van der Waals surface area contributed by atoms with Crippen LogP contribution in [-0.2, 0) is 6.54 Å². The Morgan fingerprint density at radius 2 is 2.05 bits per heavy atom. The van der Waals surface area contributed by atoms with Crippen molar-refractivity contribution < 1.29 is 4.42 Å². The van der Waals surface area contributed by atoms with Gasteiger partial charge < -0.3 is 4.42 Å². The molecule has 0 unspecified atom stereocenters. The van der Waals surface area contributed by atoms with E-state index < -0.39 is 0 Å². The van der Waals surface area contributed by atoms with Gasteiger partial charge in [0, 0.05) is 29.2 Å². The van der Waals surface area contributed by atoms with E-state index in [-0.39, 0.29) is 5.54 Å². The molecule has 2 aromatic rings. The molecule has 0 saturated carbocycles. The van der Waals surface area contributed by atoms with Gasteiger partial charge in [0.15, 0.2) is 0 Å². The van der Waals surface area contributed by atoms with Crippen LogP contribution >= 0.6 is 11.8 Å². The summed E-state index contributed by atoms with van der Waals surface area (Å²) in [7, 11) is 0. The first-order valence-corrected chi connectivity index (χ1v) is 8.01. The number of rotatable bonds is 3. The summed E-state index contributed by atoms with van der Waals surface area (Å²) in [6, 6.07) is 9.90. The fourth-order valence-corrected chi connectivity index (χ4v) is 3.54. The van der Waals surface area contributed by atoms with Crippen LogP contribution in [0.4, 0.5) is 0 Å². The van der Waals surface area contributed by atoms with E-state index in [2.05, 4.69) is 28.9 Å². The van der Waals surface area contributed by atoms with Gasteiger partial charge in [0.25, 0.3) is 0 Å². The maximum Gasteiger partial charge on any atom is 0.247 e. The molecule has 1 aromatic heterocycles. The number of nitrogens with zero attached hydrogens (tertiary/aromatic N) is 3. The van der Waals surface area contributed by atoms with Crippen molar-refractivity contribution in [2.75, 3.05) is 18.1 Å². The number of benzene rings is 1. The molecule has 4 nitrogen and oxygen atoms in total. The quantitative estimate of drug-likeness (QED) is 0.868. The molecule has 1 fully saturated rings. The molecule has 1 aliphatic rings. The number of hydrogen-bond donors (Lipinski definition) is 0. The molecule has 106 valence electrons. The summed E-state index contributed by atoms with van der Waals surface area (Å²) in [4.78, 5) is 2.42. The van der Waals surface area contributed by atoms with Gasteiger partial charge >= 0.3 is 0 Å². The number of thioether (sulfide) groups is 1. The third-order valence-corrected chi connectivity index (χ3v) is 5.01. The van der Waals surface area contributed by atoms with Gasteiger partial charge in [-0.1, -0.05) is 18.2 Å². The van der Waals surface area contributed by atoms with Crippen molar-refractivity contribution in [3.05, 3.63) is 36.2 Å². The van der Waals surface area contributed by atoms with Crippen molar-refractivity contribution in [3.63, 3.8) is 0 Å². The highest BCUT2D eigenvalue weighted by Gasteiger charge is 2.31. The van der Waals surface area contributed by atoms with E-state index in [1.807, 2.05) is 42.1 Å². The van der Waals surface area contributed by atoms with E-state index in [0.29, 0.717) is 11.8 Å². The largest absolute Gasteiger partial charge is 0.419 e. The molecule has 0 radical (unpaired) electrons. The van der Waals surface area contributed by atoms with Crippen LogP contribution in [0.5, 0.6) is 0 Å². The summed E-state index contributed by atoms with van der Waals surface area (Å²) < 4.78 is 5.80. The van der Waals surface area contributed by atoms with E-state index in [4.69, 9.17) is 4.42 Å². The Labute approximate surface area is 123 Å². The molecule has 1 aromatic carbocycles. The van der Waals surface area contributed by atoms with Crippen molar-refractivity contribution in [1.29, 1.82) is 0 Å². The first kappa shape index (κ1) is 13.6. The average molecular weight is 289 g/mol. The lowest BCUT2D eigenvalue weighted by Crippen LogP contribution is -2.49. The van der Waals surface area contributed by atoms with Gasteiger partial charge in [-0.15, -0.1) is 10.2 Å². The van der Waals surface area contributed by atoms with E-state index in [1.54, 1.807) is 0 Å². The Hall–Kier alpha value is -1.33. The van der Waals surface area contributed by atoms with E-state index in [1.165, 1.54) is 5.75 Å². The van der Waals surface area contributed by atoms with Crippen molar-refractivity contribution in [2.24, 2.45) is 0 Å². The Balaban J connectivity index is 1.74. The summed E-state index contributed by atoms with van der Waals surface area (Å²) in [5.74, 6) is 3.61. The van der Waals surface area contributed by atoms with E-state index in [0.717, 1.165) is 24.4 Å². The Kier molecular flexibility index (Phi) is 3.81. The molecule has 0 aliphatic carbocycles. The minimum atomic E-state index is 0.185. The normalized spacial score (nSPS) is 19.1. The second-order valence-corrected chi connectivity index (χ2v) is 6.76. The summed E-state index contributed by atoms with van der Waals surface area (Å²) in [5, 5.41) is 8.34. The van der Waals surface area contributed by atoms with Crippen LogP contribution in [0.1, 0.15) is 19.7 Å². The maximum absolute atomic E-state index is 5.80. The average Bonchev–Trinajstić information content (AvgIpc) is 2.91. The highest BCUT2D eigenvalue weighted by atomic mass is 32.2. The lowest BCUT2D eigenvalue weighted by molar-refractivity contribution is 0.123. The second-order valence-electron chi connectivity index (χ2n) is 5.65. The summed E-state index contributed by atoms with van der Waals surface area (Å²) in [5.41, 5.74) is 1.16. The summed E-state index contributed by atoms with van der Waals surface area (Å²) in [6.07, 6.45) is 0. The predicted molar refractivity (Wildman–Crippen MR) is 81.5 cm³/mol. The van der Waals surface area contributed by atoms with Crippen molar-refractivity contribution >= 4 is 11.8 Å². The van der Waals surface area contributed by atoms with Crippen molar-refractivity contribution in [3.8, 4) is 11.5 Å². The number of hydrogen-bond acceptors (Lipinski definition) is 5. The lowest BCUT2D eigenvalue weighted by Gasteiger charge is -2.41. The molecule has 0 N–H and O–H groups in total. The van der Waals surface area contributed by atoms with Gasteiger partial charge in [-0.3, -0.25) is 4.90 Å². The minimum Gasteiger partial charge on any atom is -0.419 e. The van der Waals surface area contributed by atoms with Crippen LogP contribution in [-0.4, -0.2) is 38.7 Å². The first-order chi connectivity index (χ1) is 9.65. The molecule has 0 spiro atoms.